The van der Waals surface area contributed by atoms with Crippen LogP contribution in [0.25, 0.3) is 10.9 Å². The summed E-state index contributed by atoms with van der Waals surface area (Å²) >= 11 is 0. The highest BCUT2D eigenvalue weighted by atomic mass is 16.1. The molecule has 0 atom stereocenters. The molecule has 0 N–H and O–H groups in total. The average Bonchev–Trinajstić information content (AvgIpc) is 2.48. The minimum atomic E-state index is 0.584. The maximum Gasteiger partial charge on any atom is 0.152 e. The van der Waals surface area contributed by atoms with Crippen LogP contribution in [0.15, 0.2) is 18.6 Å². The Kier molecular flexibility index (Phi) is 1.40. The molecule has 0 aliphatic carbocycles. The van der Waals surface area contributed by atoms with Crippen molar-refractivity contribution in [1.82, 2.24) is 14.8 Å². The Labute approximate surface area is 68.8 Å². The molecule has 2 aromatic rings. The van der Waals surface area contributed by atoms with Crippen molar-refractivity contribution in [1.29, 1.82) is 0 Å². The first-order valence-electron chi connectivity index (χ1n) is 3.54. The molecule has 4 nitrogen and oxygen atoms in total. The van der Waals surface area contributed by atoms with Gasteiger partial charge in [0.1, 0.15) is 0 Å². The number of aryl methyl sites for hydroxylation is 1. The maximum atomic E-state index is 10.6. The van der Waals surface area contributed by atoms with E-state index in [1.165, 1.54) is 6.20 Å². The Morgan fingerprint density at radius 2 is 2.25 bits per heavy atom. The van der Waals surface area contributed by atoms with Gasteiger partial charge in [0.25, 0.3) is 0 Å². The molecule has 2 rings (SSSR count). The van der Waals surface area contributed by atoms with Gasteiger partial charge in [-0.25, -0.2) is 0 Å². The van der Waals surface area contributed by atoms with Crippen LogP contribution >= 0.6 is 0 Å². The summed E-state index contributed by atoms with van der Waals surface area (Å²) in [6.07, 6.45) is 5.68. The number of rotatable bonds is 1. The van der Waals surface area contributed by atoms with Gasteiger partial charge in [0.2, 0.25) is 0 Å². The van der Waals surface area contributed by atoms with Gasteiger partial charge in [-0.15, -0.1) is 0 Å². The summed E-state index contributed by atoms with van der Waals surface area (Å²) in [4.78, 5) is 14.5. The molecule has 2 heterocycles. The van der Waals surface area contributed by atoms with E-state index < -0.39 is 0 Å². The predicted octanol–water partition coefficient (Wildman–Crippen LogP) is 0.781. The van der Waals surface area contributed by atoms with Gasteiger partial charge in [0.15, 0.2) is 6.29 Å². The highest BCUT2D eigenvalue weighted by Crippen LogP contribution is 2.13. The Morgan fingerprint density at radius 1 is 1.42 bits per heavy atom. The lowest BCUT2D eigenvalue weighted by Gasteiger charge is -1.93. The third kappa shape index (κ3) is 0.812. The molecular formula is C8H7N3O. The van der Waals surface area contributed by atoms with Crippen LogP contribution in [0.2, 0.25) is 0 Å². The lowest BCUT2D eigenvalue weighted by atomic mass is 10.2. The second-order valence-electron chi connectivity index (χ2n) is 2.55. The molecular weight excluding hydrogens is 154 g/mol. The van der Waals surface area contributed by atoms with Crippen LogP contribution in [0.3, 0.4) is 0 Å². The number of hydrogen-bond donors (Lipinski definition) is 0. The lowest BCUT2D eigenvalue weighted by Crippen LogP contribution is -1.90. The summed E-state index contributed by atoms with van der Waals surface area (Å²) in [5, 5.41) is 4.87. The molecule has 0 unspecified atom stereocenters. The Hall–Kier alpha value is -1.71. The molecule has 12 heavy (non-hydrogen) atoms. The second kappa shape index (κ2) is 2.41. The maximum absolute atomic E-state index is 10.6. The van der Waals surface area contributed by atoms with Gasteiger partial charge in [0.05, 0.1) is 17.9 Å². The van der Waals surface area contributed by atoms with E-state index >= 15 is 0 Å². The minimum absolute atomic E-state index is 0.584. The Bertz CT molecular complexity index is 433. The van der Waals surface area contributed by atoms with Crippen molar-refractivity contribution in [2.24, 2.45) is 7.05 Å². The fraction of sp³-hybridized carbons (Fsp3) is 0.125. The highest BCUT2D eigenvalue weighted by molar-refractivity contribution is 5.95. The average molecular weight is 161 g/mol. The zero-order valence-corrected chi connectivity index (χ0v) is 6.56. The van der Waals surface area contributed by atoms with Crippen molar-refractivity contribution in [3.8, 4) is 0 Å². The third-order valence-electron chi connectivity index (χ3n) is 1.83. The summed E-state index contributed by atoms with van der Waals surface area (Å²) in [6.45, 7) is 0. The molecule has 0 saturated heterocycles. The van der Waals surface area contributed by atoms with E-state index in [-0.39, 0.29) is 0 Å². The normalized spacial score (nSPS) is 10.4. The van der Waals surface area contributed by atoms with Crippen LogP contribution in [0, 0.1) is 0 Å². The first-order valence-corrected chi connectivity index (χ1v) is 3.54. The number of fused-ring (bicyclic) bond motifs is 1. The van der Waals surface area contributed by atoms with Crippen LogP contribution in [-0.2, 0) is 7.05 Å². The number of aldehydes is 1. The molecule has 0 spiro atoms. The lowest BCUT2D eigenvalue weighted by molar-refractivity contribution is 0.112. The number of nitrogens with zero attached hydrogens (tertiary/aromatic N) is 3. The van der Waals surface area contributed by atoms with E-state index in [1.54, 1.807) is 17.1 Å². The fourth-order valence-electron chi connectivity index (χ4n) is 1.17. The molecule has 4 heteroatoms. The molecule has 0 bridgehead atoms. The highest BCUT2D eigenvalue weighted by Gasteiger charge is 2.03. The number of hydrogen-bond acceptors (Lipinski definition) is 3. The van der Waals surface area contributed by atoms with Gasteiger partial charge < -0.3 is 0 Å². The largest absolute Gasteiger partial charge is 0.298 e. The van der Waals surface area contributed by atoms with Crippen LogP contribution in [0.1, 0.15) is 10.4 Å². The van der Waals surface area contributed by atoms with Crippen molar-refractivity contribution < 1.29 is 4.79 Å². The SMILES string of the molecule is Cn1ncc2c(C=O)cncc21. The van der Waals surface area contributed by atoms with Gasteiger partial charge in [0, 0.05) is 24.2 Å². The van der Waals surface area contributed by atoms with E-state index in [2.05, 4.69) is 10.1 Å². The zero-order chi connectivity index (χ0) is 8.55. The van der Waals surface area contributed by atoms with Crippen molar-refractivity contribution in [2.75, 3.05) is 0 Å². The van der Waals surface area contributed by atoms with Crippen molar-refractivity contribution >= 4 is 17.2 Å². The van der Waals surface area contributed by atoms with Crippen LogP contribution in [-0.4, -0.2) is 21.1 Å². The summed E-state index contributed by atoms with van der Waals surface area (Å²) in [6, 6.07) is 0. The van der Waals surface area contributed by atoms with Gasteiger partial charge in [-0.1, -0.05) is 0 Å². The van der Waals surface area contributed by atoms with E-state index in [9.17, 15) is 4.79 Å². The van der Waals surface area contributed by atoms with Gasteiger partial charge in [-0.2, -0.15) is 5.10 Å². The molecule has 2 aromatic heterocycles. The first-order chi connectivity index (χ1) is 5.83. The Morgan fingerprint density at radius 3 is 3.00 bits per heavy atom. The second-order valence-corrected chi connectivity index (χ2v) is 2.55. The zero-order valence-electron chi connectivity index (χ0n) is 6.56. The Balaban J connectivity index is 2.89. The molecule has 0 aliphatic heterocycles. The van der Waals surface area contributed by atoms with E-state index in [1.807, 2.05) is 7.05 Å². The molecule has 0 amide bonds. The van der Waals surface area contributed by atoms with E-state index in [0.29, 0.717) is 5.56 Å². The number of carbonyl (C=O) groups excluding carboxylic acids is 1. The van der Waals surface area contributed by atoms with Crippen LogP contribution in [0.4, 0.5) is 0 Å². The minimum Gasteiger partial charge on any atom is -0.298 e. The monoisotopic (exact) mass is 161 g/mol. The van der Waals surface area contributed by atoms with Gasteiger partial charge in [-0.3, -0.25) is 14.5 Å². The number of pyridine rings is 1. The van der Waals surface area contributed by atoms with Gasteiger partial charge >= 0.3 is 0 Å². The summed E-state index contributed by atoms with van der Waals surface area (Å²) in [7, 11) is 1.82. The van der Waals surface area contributed by atoms with E-state index in [4.69, 9.17) is 0 Å². The van der Waals surface area contributed by atoms with Crippen LogP contribution < -0.4 is 0 Å². The topological polar surface area (TPSA) is 47.8 Å². The number of aromatic nitrogens is 3. The van der Waals surface area contributed by atoms with E-state index in [0.717, 1.165) is 17.2 Å². The van der Waals surface area contributed by atoms with Crippen molar-refractivity contribution in [3.63, 3.8) is 0 Å². The standard InChI is InChI=1S/C8H7N3O/c1-11-8-4-9-2-6(5-12)7(8)3-10-11/h2-5H,1H3. The smallest absolute Gasteiger partial charge is 0.152 e. The summed E-state index contributed by atoms with van der Waals surface area (Å²) < 4.78 is 1.69. The summed E-state index contributed by atoms with van der Waals surface area (Å²) in [5.74, 6) is 0. The quantitative estimate of drug-likeness (QED) is 0.580. The molecule has 60 valence electrons. The van der Waals surface area contributed by atoms with Gasteiger partial charge in [-0.05, 0) is 0 Å². The van der Waals surface area contributed by atoms with Crippen molar-refractivity contribution in [2.45, 2.75) is 0 Å². The van der Waals surface area contributed by atoms with Crippen LogP contribution in [0.5, 0.6) is 0 Å². The molecule has 0 aromatic carbocycles. The first kappa shape index (κ1) is 6.97. The molecule has 0 radical (unpaired) electrons. The third-order valence-corrected chi connectivity index (χ3v) is 1.83. The molecule has 0 saturated carbocycles. The fourth-order valence-corrected chi connectivity index (χ4v) is 1.17. The molecule has 0 fully saturated rings. The number of carbonyl (C=O) groups is 1. The summed E-state index contributed by atoms with van der Waals surface area (Å²) in [5.41, 5.74) is 1.46. The van der Waals surface area contributed by atoms with Crippen molar-refractivity contribution in [3.05, 3.63) is 24.2 Å². The molecule has 0 aliphatic rings. The predicted molar refractivity (Wildman–Crippen MR) is 43.9 cm³/mol.